The smallest absolute Gasteiger partial charge is 0.255 e. The fourth-order valence-corrected chi connectivity index (χ4v) is 4.71. The van der Waals surface area contributed by atoms with Gasteiger partial charge in [-0.25, -0.2) is 9.13 Å². The molecule has 48 heavy (non-hydrogen) atoms. The topological polar surface area (TPSA) is 124 Å². The van der Waals surface area contributed by atoms with Gasteiger partial charge >= 0.3 is 0 Å². The molecule has 0 spiro atoms. The molecule has 0 unspecified atom stereocenters. The van der Waals surface area contributed by atoms with Crippen LogP contribution in [0.2, 0.25) is 0 Å². The fourth-order valence-electron chi connectivity index (χ4n) is 4.71. The van der Waals surface area contributed by atoms with Gasteiger partial charge in [-0.05, 0) is 98.3 Å². The van der Waals surface area contributed by atoms with E-state index in [1.165, 1.54) is 6.08 Å². The van der Waals surface area contributed by atoms with Crippen LogP contribution in [0.15, 0.2) is 128 Å². The van der Waals surface area contributed by atoms with Crippen molar-refractivity contribution in [2.75, 3.05) is 21.3 Å². The van der Waals surface area contributed by atoms with Crippen LogP contribution in [-0.4, -0.2) is 23.6 Å². The number of carbonyl (C=O) groups is 4. The average molecular weight is 641 g/mol. The van der Waals surface area contributed by atoms with Gasteiger partial charge in [-0.15, -0.1) is 0 Å². The van der Waals surface area contributed by atoms with Crippen LogP contribution >= 0.6 is 0 Å². The molecule has 0 radical (unpaired) electrons. The summed E-state index contributed by atoms with van der Waals surface area (Å²) in [6, 6.07) is 27.5. The van der Waals surface area contributed by atoms with Gasteiger partial charge in [0.2, 0.25) is 5.91 Å². The van der Waals surface area contributed by atoms with E-state index in [0.29, 0.717) is 39.4 Å². The number of anilines is 4. The lowest BCUT2D eigenvalue weighted by atomic mass is 10.1. The summed E-state index contributed by atoms with van der Waals surface area (Å²) in [6.45, 7) is 5.63. The largest absolute Gasteiger partial charge is 0.323 e. The fraction of sp³-hybridized carbons (Fsp3) is 0.105. The van der Waals surface area contributed by atoms with Gasteiger partial charge in [0.05, 0.1) is 0 Å². The van der Waals surface area contributed by atoms with Crippen LogP contribution in [0, 0.1) is 0 Å². The zero-order valence-electron chi connectivity index (χ0n) is 26.6. The van der Waals surface area contributed by atoms with E-state index in [9.17, 15) is 19.2 Å². The molecule has 4 N–H and O–H groups in total. The SMILES string of the molecule is CC[n+]1cccc(NC(=O)c2ccc(NC(=O)/C=C/c3ccc(C(=O)Nc4ccc(C(=O)Nc5ccc[n+](CC)c5)cc4)cc3)cc2)c1. The van der Waals surface area contributed by atoms with Gasteiger partial charge in [-0.3, -0.25) is 19.2 Å². The third kappa shape index (κ3) is 9.07. The zero-order valence-corrected chi connectivity index (χ0v) is 26.6. The molecule has 5 aromatic rings. The highest BCUT2D eigenvalue weighted by molar-refractivity contribution is 6.07. The Morgan fingerprint density at radius 1 is 0.521 bits per heavy atom. The molecule has 10 nitrogen and oxygen atoms in total. The number of pyridine rings is 2. The van der Waals surface area contributed by atoms with Crippen molar-refractivity contribution in [2.45, 2.75) is 26.9 Å². The van der Waals surface area contributed by atoms with Crippen molar-refractivity contribution in [3.05, 3.63) is 150 Å². The number of aryl methyl sites for hydroxylation is 2. The molecule has 0 saturated heterocycles. The van der Waals surface area contributed by atoms with E-state index in [-0.39, 0.29) is 23.6 Å². The number of benzene rings is 3. The number of amides is 4. The third-order valence-corrected chi connectivity index (χ3v) is 7.38. The Hall–Kier alpha value is -6.42. The quantitative estimate of drug-likeness (QED) is 0.109. The van der Waals surface area contributed by atoms with Crippen LogP contribution in [-0.2, 0) is 17.9 Å². The lowest BCUT2D eigenvalue weighted by Gasteiger charge is -2.08. The first kappa shape index (κ1) is 33.0. The molecule has 240 valence electrons. The van der Waals surface area contributed by atoms with Crippen molar-refractivity contribution >= 4 is 52.5 Å². The summed E-state index contributed by atoms with van der Waals surface area (Å²) in [6.07, 6.45) is 10.6. The van der Waals surface area contributed by atoms with Crippen LogP contribution in [0.25, 0.3) is 6.08 Å². The second-order valence-electron chi connectivity index (χ2n) is 10.8. The van der Waals surface area contributed by atoms with E-state index < -0.39 is 0 Å². The van der Waals surface area contributed by atoms with Gasteiger partial charge < -0.3 is 21.3 Å². The Morgan fingerprint density at radius 2 is 0.917 bits per heavy atom. The third-order valence-electron chi connectivity index (χ3n) is 7.38. The number of carbonyl (C=O) groups excluding carboxylic acids is 4. The van der Waals surface area contributed by atoms with Crippen molar-refractivity contribution in [1.82, 2.24) is 0 Å². The molecule has 0 bridgehead atoms. The van der Waals surface area contributed by atoms with Crippen molar-refractivity contribution in [3.63, 3.8) is 0 Å². The standard InChI is InChI=1S/C38H34N6O4/c1-3-43-23-5-7-33(25-43)41-37(47)29-14-18-31(19-15-29)39-35(45)22-11-27-9-12-28(13-10-27)36(46)40-32-20-16-30(17-21-32)38(48)42-34-8-6-24-44(4-2)26-34/h5-26H,3-4H2,1-2H3,(H2-2,39,40,41,42,45,46,47,48)/p+2/b22-11+. The van der Waals surface area contributed by atoms with E-state index in [4.69, 9.17) is 0 Å². The lowest BCUT2D eigenvalue weighted by molar-refractivity contribution is -0.693. The van der Waals surface area contributed by atoms with E-state index >= 15 is 0 Å². The molecule has 0 aliphatic carbocycles. The minimum absolute atomic E-state index is 0.245. The Bertz CT molecular complexity index is 1950. The second kappa shape index (κ2) is 15.7. The summed E-state index contributed by atoms with van der Waals surface area (Å²) >= 11 is 0. The van der Waals surface area contributed by atoms with Crippen LogP contribution in [0.5, 0.6) is 0 Å². The molecule has 2 aromatic heterocycles. The molecule has 0 aliphatic heterocycles. The summed E-state index contributed by atoms with van der Waals surface area (Å²) in [5.74, 6) is -1.14. The highest BCUT2D eigenvalue weighted by Gasteiger charge is 2.11. The van der Waals surface area contributed by atoms with Crippen molar-refractivity contribution < 1.29 is 28.3 Å². The maximum absolute atomic E-state index is 12.8. The Morgan fingerprint density at radius 3 is 1.35 bits per heavy atom. The number of hydrogen-bond acceptors (Lipinski definition) is 4. The van der Waals surface area contributed by atoms with Crippen molar-refractivity contribution in [2.24, 2.45) is 0 Å². The summed E-state index contributed by atoms with van der Waals surface area (Å²) in [4.78, 5) is 50.5. The molecular weight excluding hydrogens is 604 g/mol. The van der Waals surface area contributed by atoms with Gasteiger partial charge in [0.25, 0.3) is 17.7 Å². The van der Waals surface area contributed by atoms with Gasteiger partial charge in [-0.1, -0.05) is 12.1 Å². The molecular formula is C38H36N6O4+2. The van der Waals surface area contributed by atoms with Gasteiger partial charge in [0.1, 0.15) is 24.5 Å². The number of hydrogen-bond donors (Lipinski definition) is 4. The molecule has 3 aromatic carbocycles. The van der Waals surface area contributed by atoms with Gasteiger partial charge in [0, 0.05) is 46.3 Å². The number of aromatic nitrogens is 2. The normalized spacial score (nSPS) is 10.7. The van der Waals surface area contributed by atoms with E-state index in [1.807, 2.05) is 72.0 Å². The summed E-state index contributed by atoms with van der Waals surface area (Å²) in [5.41, 5.74) is 4.59. The molecule has 0 aliphatic rings. The summed E-state index contributed by atoms with van der Waals surface area (Å²) < 4.78 is 3.93. The maximum atomic E-state index is 12.8. The summed E-state index contributed by atoms with van der Waals surface area (Å²) in [7, 11) is 0. The van der Waals surface area contributed by atoms with Gasteiger partial charge in [0.15, 0.2) is 24.8 Å². The number of nitrogens with one attached hydrogen (secondary N) is 4. The minimum Gasteiger partial charge on any atom is -0.323 e. The molecule has 0 fully saturated rings. The van der Waals surface area contributed by atoms with Crippen LogP contribution in [0.1, 0.15) is 50.5 Å². The van der Waals surface area contributed by atoms with Crippen LogP contribution < -0.4 is 30.4 Å². The lowest BCUT2D eigenvalue weighted by Crippen LogP contribution is -2.31. The molecule has 10 heteroatoms. The van der Waals surface area contributed by atoms with Crippen molar-refractivity contribution in [1.29, 1.82) is 0 Å². The van der Waals surface area contributed by atoms with Crippen LogP contribution in [0.4, 0.5) is 22.7 Å². The monoisotopic (exact) mass is 640 g/mol. The van der Waals surface area contributed by atoms with E-state index in [2.05, 4.69) is 21.3 Å². The number of rotatable bonds is 11. The molecule has 0 saturated carbocycles. The first-order valence-corrected chi connectivity index (χ1v) is 15.5. The average Bonchev–Trinajstić information content (AvgIpc) is 3.11. The Labute approximate surface area is 278 Å². The maximum Gasteiger partial charge on any atom is 0.255 e. The molecule has 5 rings (SSSR count). The second-order valence-corrected chi connectivity index (χ2v) is 10.8. The Kier molecular flexibility index (Phi) is 10.8. The molecule has 4 amide bonds. The van der Waals surface area contributed by atoms with E-state index in [0.717, 1.165) is 18.7 Å². The predicted molar refractivity (Wildman–Crippen MR) is 185 cm³/mol. The first-order valence-electron chi connectivity index (χ1n) is 15.5. The zero-order chi connectivity index (χ0) is 33.9. The predicted octanol–water partition coefficient (Wildman–Crippen LogP) is 5.71. The van der Waals surface area contributed by atoms with Crippen molar-refractivity contribution in [3.8, 4) is 0 Å². The van der Waals surface area contributed by atoms with Crippen LogP contribution in [0.3, 0.4) is 0 Å². The highest BCUT2D eigenvalue weighted by Crippen LogP contribution is 2.15. The van der Waals surface area contributed by atoms with E-state index in [1.54, 1.807) is 78.9 Å². The molecule has 0 atom stereocenters. The Balaban J connectivity index is 1.09. The molecule has 2 heterocycles. The number of nitrogens with zero attached hydrogens (tertiary/aromatic N) is 2. The highest BCUT2D eigenvalue weighted by atomic mass is 16.2. The van der Waals surface area contributed by atoms with Gasteiger partial charge in [-0.2, -0.15) is 0 Å². The first-order chi connectivity index (χ1) is 23.3. The minimum atomic E-state index is -0.340. The summed E-state index contributed by atoms with van der Waals surface area (Å²) in [5, 5.41) is 11.4.